The van der Waals surface area contributed by atoms with Crippen LogP contribution in [0, 0.1) is 0 Å². The van der Waals surface area contributed by atoms with Crippen molar-refractivity contribution in [2.75, 3.05) is 38.4 Å². The van der Waals surface area contributed by atoms with Crippen LogP contribution in [0.15, 0.2) is 66.0 Å². The zero-order valence-electron chi connectivity index (χ0n) is 20.0. The van der Waals surface area contributed by atoms with Crippen molar-refractivity contribution in [1.29, 1.82) is 0 Å². The Labute approximate surface area is 209 Å². The largest absolute Gasteiger partial charge is 0.497 e. The Morgan fingerprint density at radius 3 is 2.80 bits per heavy atom. The number of aromatic nitrogens is 2. The molecule has 9 heteroatoms. The molecule has 2 heterocycles. The predicted octanol–water partition coefficient (Wildman–Crippen LogP) is 3.93. The molecule has 8 nitrogen and oxygen atoms in total. The zero-order valence-corrected chi connectivity index (χ0v) is 20.8. The van der Waals surface area contributed by atoms with Crippen molar-refractivity contribution in [2.45, 2.75) is 30.6 Å². The van der Waals surface area contributed by atoms with E-state index in [0.717, 1.165) is 35.9 Å². The molecule has 1 fully saturated rings. The Balaban J connectivity index is 1.37. The highest BCUT2D eigenvalue weighted by Crippen LogP contribution is 2.28. The third-order valence-corrected chi connectivity index (χ3v) is 6.76. The van der Waals surface area contributed by atoms with E-state index in [-0.39, 0.29) is 30.2 Å². The summed E-state index contributed by atoms with van der Waals surface area (Å²) in [6, 6.07) is 17.2. The second-order valence-corrected chi connectivity index (χ2v) is 9.30. The lowest BCUT2D eigenvalue weighted by atomic mass is 10.1. The van der Waals surface area contributed by atoms with Crippen LogP contribution in [0.1, 0.15) is 12.8 Å². The molecule has 35 heavy (non-hydrogen) atoms. The number of thioether (sulfide) groups is 1. The number of amides is 2. The van der Waals surface area contributed by atoms with Crippen LogP contribution in [0.2, 0.25) is 0 Å². The Morgan fingerprint density at radius 2 is 2.06 bits per heavy atom. The number of nitrogens with zero attached hydrogens (tertiary/aromatic N) is 3. The fourth-order valence-electron chi connectivity index (χ4n) is 3.92. The molecule has 4 rings (SSSR count). The van der Waals surface area contributed by atoms with Gasteiger partial charge in [-0.2, -0.15) is 0 Å². The summed E-state index contributed by atoms with van der Waals surface area (Å²) >= 11 is 1.38. The molecule has 0 spiro atoms. The zero-order chi connectivity index (χ0) is 24.6. The van der Waals surface area contributed by atoms with Gasteiger partial charge in [0.15, 0.2) is 5.16 Å². The van der Waals surface area contributed by atoms with Crippen molar-refractivity contribution in [3.63, 3.8) is 0 Å². The number of benzene rings is 2. The molecule has 2 amide bonds. The van der Waals surface area contributed by atoms with E-state index in [9.17, 15) is 9.59 Å². The van der Waals surface area contributed by atoms with Gasteiger partial charge in [0.2, 0.25) is 11.8 Å². The Morgan fingerprint density at radius 1 is 1.23 bits per heavy atom. The van der Waals surface area contributed by atoms with E-state index in [0.29, 0.717) is 18.0 Å². The third-order valence-electron chi connectivity index (χ3n) is 5.78. The number of nitrogens with one attached hydrogen (secondary N) is 1. The summed E-state index contributed by atoms with van der Waals surface area (Å²) in [5.41, 5.74) is 2.69. The highest BCUT2D eigenvalue weighted by molar-refractivity contribution is 7.99. The second-order valence-electron chi connectivity index (χ2n) is 8.36. The number of hydrogen-bond acceptors (Lipinski definition) is 6. The molecule has 1 aliphatic rings. The number of anilines is 1. The summed E-state index contributed by atoms with van der Waals surface area (Å²) in [5.74, 6) is 0.408. The first-order valence-corrected chi connectivity index (χ1v) is 12.6. The molecule has 3 aromatic rings. The molecule has 1 N–H and O–H groups in total. The van der Waals surface area contributed by atoms with E-state index in [2.05, 4.69) is 27.0 Å². The van der Waals surface area contributed by atoms with E-state index in [1.165, 1.54) is 16.7 Å². The van der Waals surface area contributed by atoms with Gasteiger partial charge < -0.3 is 24.3 Å². The summed E-state index contributed by atoms with van der Waals surface area (Å²) in [6.07, 6.45) is 4.07. The summed E-state index contributed by atoms with van der Waals surface area (Å²) in [4.78, 5) is 31.2. The van der Waals surface area contributed by atoms with Crippen molar-refractivity contribution in [3.05, 3.63) is 60.8 Å². The minimum Gasteiger partial charge on any atom is -0.497 e. The number of imidazole rings is 1. The number of likely N-dealkylation sites (N-methyl/N-ethyl adjacent to an activating group) is 1. The SMILES string of the molecule is COc1cccc(NC(=O)CN(C)C(=O)CSc2ncc(-c3ccccc3)n2CC2CCCO2)c1. The van der Waals surface area contributed by atoms with Gasteiger partial charge >= 0.3 is 0 Å². The first-order chi connectivity index (χ1) is 17.0. The summed E-state index contributed by atoms with van der Waals surface area (Å²) in [5, 5.41) is 3.56. The predicted molar refractivity (Wildman–Crippen MR) is 137 cm³/mol. The average molecular weight is 495 g/mol. The Kier molecular flexibility index (Phi) is 8.44. The minimum absolute atomic E-state index is 0.0454. The van der Waals surface area contributed by atoms with Gasteiger partial charge in [-0.05, 0) is 30.5 Å². The van der Waals surface area contributed by atoms with Gasteiger partial charge in [0.1, 0.15) is 5.75 Å². The maximum atomic E-state index is 12.8. The van der Waals surface area contributed by atoms with Gasteiger partial charge in [-0.3, -0.25) is 9.59 Å². The standard InChI is InChI=1S/C26H30N4O4S/c1-29(17-24(31)28-20-10-6-11-21(14-20)33-2)25(32)18-35-26-27-15-23(19-8-4-3-5-9-19)30(26)16-22-12-7-13-34-22/h3-6,8-11,14-15,22H,7,12-13,16-18H2,1-2H3,(H,28,31). The molecule has 1 aliphatic heterocycles. The highest BCUT2D eigenvalue weighted by atomic mass is 32.2. The summed E-state index contributed by atoms with van der Waals surface area (Å²) in [7, 11) is 3.20. The fourth-order valence-corrected chi connectivity index (χ4v) is 4.85. The maximum Gasteiger partial charge on any atom is 0.243 e. The molecule has 0 bridgehead atoms. The van der Waals surface area contributed by atoms with Gasteiger partial charge in [-0.15, -0.1) is 0 Å². The number of hydrogen-bond donors (Lipinski definition) is 1. The van der Waals surface area contributed by atoms with E-state index in [1.54, 1.807) is 38.4 Å². The van der Waals surface area contributed by atoms with E-state index >= 15 is 0 Å². The quantitative estimate of drug-likeness (QED) is 0.430. The van der Waals surface area contributed by atoms with Crippen LogP contribution in [0.3, 0.4) is 0 Å². The molecule has 2 aromatic carbocycles. The van der Waals surface area contributed by atoms with Crippen LogP contribution in [0.25, 0.3) is 11.3 Å². The molecule has 0 saturated carbocycles. The fraction of sp³-hybridized carbons (Fsp3) is 0.346. The molecule has 1 saturated heterocycles. The number of carbonyl (C=O) groups is 2. The molecule has 1 unspecified atom stereocenters. The van der Waals surface area contributed by atoms with E-state index < -0.39 is 0 Å². The molecule has 184 valence electrons. The number of carbonyl (C=O) groups excluding carboxylic acids is 2. The monoisotopic (exact) mass is 494 g/mol. The number of methoxy groups -OCH3 is 1. The molecular weight excluding hydrogens is 464 g/mol. The second kappa shape index (κ2) is 11.9. The van der Waals surface area contributed by atoms with E-state index in [1.807, 2.05) is 24.4 Å². The lowest BCUT2D eigenvalue weighted by Gasteiger charge is -2.18. The minimum atomic E-state index is -0.273. The number of rotatable bonds is 10. The smallest absolute Gasteiger partial charge is 0.243 e. The van der Waals surface area contributed by atoms with Crippen LogP contribution in [-0.4, -0.2) is 65.4 Å². The first kappa shape index (κ1) is 24.8. The molecule has 0 aliphatic carbocycles. The lowest BCUT2D eigenvalue weighted by molar-refractivity contribution is -0.131. The third kappa shape index (κ3) is 6.64. The molecular formula is C26H30N4O4S. The van der Waals surface area contributed by atoms with Crippen LogP contribution in [0.5, 0.6) is 5.75 Å². The Hall–Kier alpha value is -3.30. The molecule has 1 atom stereocenters. The first-order valence-electron chi connectivity index (χ1n) is 11.6. The van der Waals surface area contributed by atoms with Crippen molar-refractivity contribution in [1.82, 2.24) is 14.5 Å². The van der Waals surface area contributed by atoms with Crippen molar-refractivity contribution >= 4 is 29.3 Å². The summed E-state index contributed by atoms with van der Waals surface area (Å²) in [6.45, 7) is 1.43. The van der Waals surface area contributed by atoms with Gasteiger partial charge in [-0.25, -0.2) is 4.98 Å². The summed E-state index contributed by atoms with van der Waals surface area (Å²) < 4.78 is 13.2. The van der Waals surface area contributed by atoms with Crippen LogP contribution < -0.4 is 10.1 Å². The lowest BCUT2D eigenvalue weighted by Crippen LogP contribution is -2.36. The van der Waals surface area contributed by atoms with Crippen LogP contribution >= 0.6 is 11.8 Å². The Bertz CT molecular complexity index is 1150. The van der Waals surface area contributed by atoms with Gasteiger partial charge in [0, 0.05) is 25.4 Å². The highest BCUT2D eigenvalue weighted by Gasteiger charge is 2.22. The normalized spacial score (nSPS) is 15.1. The van der Waals surface area contributed by atoms with E-state index in [4.69, 9.17) is 9.47 Å². The number of ether oxygens (including phenoxy) is 2. The maximum absolute atomic E-state index is 12.8. The van der Waals surface area contributed by atoms with Gasteiger partial charge in [0.05, 0.1) is 43.9 Å². The van der Waals surface area contributed by atoms with Crippen LogP contribution in [-0.2, 0) is 20.9 Å². The van der Waals surface area contributed by atoms with Crippen molar-refractivity contribution < 1.29 is 19.1 Å². The van der Waals surface area contributed by atoms with Crippen LogP contribution in [0.4, 0.5) is 5.69 Å². The van der Waals surface area contributed by atoms with Gasteiger partial charge in [-0.1, -0.05) is 48.2 Å². The van der Waals surface area contributed by atoms with Gasteiger partial charge in [0.25, 0.3) is 0 Å². The van der Waals surface area contributed by atoms with Crippen molar-refractivity contribution in [3.8, 4) is 17.0 Å². The molecule has 1 aromatic heterocycles. The topological polar surface area (TPSA) is 85.7 Å². The molecule has 0 radical (unpaired) electrons. The van der Waals surface area contributed by atoms with Crippen molar-refractivity contribution in [2.24, 2.45) is 0 Å². The average Bonchev–Trinajstić information content (AvgIpc) is 3.53.